The third kappa shape index (κ3) is 2.26. The molecule has 0 unspecified atom stereocenters. The molecule has 3 N–H and O–H groups in total. The van der Waals surface area contributed by atoms with Gasteiger partial charge in [-0.3, -0.25) is 4.98 Å². The Hall–Kier alpha value is -2.97. The SMILES string of the molecule is CNc1c(N)ncc(Oc2cnn3ccncc23)c1C(F)F. The van der Waals surface area contributed by atoms with Crippen molar-refractivity contribution in [3.8, 4) is 11.5 Å². The number of aromatic nitrogens is 4. The molecule has 9 heteroatoms. The van der Waals surface area contributed by atoms with Crippen molar-refractivity contribution in [2.75, 3.05) is 18.1 Å². The summed E-state index contributed by atoms with van der Waals surface area (Å²) in [4.78, 5) is 7.82. The van der Waals surface area contributed by atoms with Crippen molar-refractivity contribution in [3.05, 3.63) is 36.5 Å². The van der Waals surface area contributed by atoms with E-state index in [0.717, 1.165) is 6.20 Å². The molecule has 3 aromatic heterocycles. The van der Waals surface area contributed by atoms with E-state index in [2.05, 4.69) is 20.4 Å². The number of ether oxygens (including phenoxy) is 1. The lowest BCUT2D eigenvalue weighted by molar-refractivity contribution is 0.149. The second kappa shape index (κ2) is 5.43. The first-order chi connectivity index (χ1) is 10.6. The van der Waals surface area contributed by atoms with E-state index in [1.807, 2.05) is 0 Å². The summed E-state index contributed by atoms with van der Waals surface area (Å²) >= 11 is 0. The van der Waals surface area contributed by atoms with E-state index in [1.54, 1.807) is 12.4 Å². The molecule has 3 heterocycles. The second-order valence-corrected chi connectivity index (χ2v) is 4.36. The molecule has 0 aromatic carbocycles. The molecule has 0 aliphatic carbocycles. The van der Waals surface area contributed by atoms with Gasteiger partial charge in [0.25, 0.3) is 6.43 Å². The van der Waals surface area contributed by atoms with Gasteiger partial charge in [-0.25, -0.2) is 18.3 Å². The molecule has 0 aliphatic heterocycles. The largest absolute Gasteiger partial charge is 0.451 e. The van der Waals surface area contributed by atoms with Crippen LogP contribution < -0.4 is 15.8 Å². The molecule has 3 aromatic rings. The lowest BCUT2D eigenvalue weighted by atomic mass is 10.2. The van der Waals surface area contributed by atoms with E-state index in [1.165, 1.54) is 24.0 Å². The van der Waals surface area contributed by atoms with Crippen LogP contribution in [0.15, 0.2) is 31.0 Å². The van der Waals surface area contributed by atoms with Crippen molar-refractivity contribution >= 4 is 17.0 Å². The van der Waals surface area contributed by atoms with Crippen LogP contribution in [0.5, 0.6) is 11.5 Å². The number of nitrogens with two attached hydrogens (primary N) is 1. The summed E-state index contributed by atoms with van der Waals surface area (Å²) < 4.78 is 33.8. The van der Waals surface area contributed by atoms with E-state index >= 15 is 0 Å². The minimum atomic E-state index is -2.78. The number of nitrogens with one attached hydrogen (secondary N) is 1. The van der Waals surface area contributed by atoms with Crippen LogP contribution in [0.1, 0.15) is 12.0 Å². The van der Waals surface area contributed by atoms with Gasteiger partial charge in [0.15, 0.2) is 11.5 Å². The molecule has 0 amide bonds. The van der Waals surface area contributed by atoms with Crippen LogP contribution in [-0.4, -0.2) is 26.6 Å². The minimum absolute atomic E-state index is 0.0216. The Morgan fingerprint density at radius 2 is 2.09 bits per heavy atom. The minimum Gasteiger partial charge on any atom is -0.451 e. The van der Waals surface area contributed by atoms with Gasteiger partial charge in [-0.1, -0.05) is 0 Å². The number of pyridine rings is 1. The third-order valence-electron chi connectivity index (χ3n) is 3.09. The molecule has 0 atom stereocenters. The maximum atomic E-state index is 13.4. The van der Waals surface area contributed by atoms with Gasteiger partial charge in [0.2, 0.25) is 0 Å². The quantitative estimate of drug-likeness (QED) is 0.769. The predicted octanol–water partition coefficient (Wildman–Crippen LogP) is 2.48. The molecule has 0 saturated heterocycles. The molecule has 3 rings (SSSR count). The summed E-state index contributed by atoms with van der Waals surface area (Å²) in [5.41, 5.74) is 5.86. The number of hydrogen-bond donors (Lipinski definition) is 2. The van der Waals surface area contributed by atoms with Gasteiger partial charge in [0, 0.05) is 19.4 Å². The Bertz CT molecular complexity index is 819. The van der Waals surface area contributed by atoms with Crippen LogP contribution in [0.25, 0.3) is 5.52 Å². The molecule has 0 bridgehead atoms. The summed E-state index contributed by atoms with van der Waals surface area (Å²) in [5, 5.41) is 6.67. The first-order valence-corrected chi connectivity index (χ1v) is 6.31. The molecule has 7 nitrogen and oxygen atoms in total. The van der Waals surface area contributed by atoms with E-state index in [9.17, 15) is 8.78 Å². The van der Waals surface area contributed by atoms with Crippen LogP contribution in [0.2, 0.25) is 0 Å². The summed E-state index contributed by atoms with van der Waals surface area (Å²) in [6.45, 7) is 0. The van der Waals surface area contributed by atoms with Crippen LogP contribution in [0.3, 0.4) is 0 Å². The molecule has 114 valence electrons. The zero-order chi connectivity index (χ0) is 15.7. The average Bonchev–Trinajstić information content (AvgIpc) is 2.91. The first kappa shape index (κ1) is 14.0. The number of nitrogens with zero attached hydrogens (tertiary/aromatic N) is 4. The van der Waals surface area contributed by atoms with Crippen molar-refractivity contribution in [1.29, 1.82) is 0 Å². The molecular weight excluding hydrogens is 294 g/mol. The van der Waals surface area contributed by atoms with Crippen LogP contribution in [0, 0.1) is 0 Å². The van der Waals surface area contributed by atoms with Crippen molar-refractivity contribution in [3.63, 3.8) is 0 Å². The number of alkyl halides is 2. The smallest absolute Gasteiger partial charge is 0.269 e. The Labute approximate surface area is 123 Å². The number of nitrogen functional groups attached to an aromatic ring is 1. The number of rotatable bonds is 4. The fourth-order valence-electron chi connectivity index (χ4n) is 2.09. The van der Waals surface area contributed by atoms with Crippen molar-refractivity contribution in [1.82, 2.24) is 19.6 Å². The van der Waals surface area contributed by atoms with Crippen LogP contribution in [-0.2, 0) is 0 Å². The van der Waals surface area contributed by atoms with Gasteiger partial charge in [-0.2, -0.15) is 5.10 Å². The van der Waals surface area contributed by atoms with Crippen molar-refractivity contribution < 1.29 is 13.5 Å². The molecule has 0 aliphatic rings. The lowest BCUT2D eigenvalue weighted by Crippen LogP contribution is -2.05. The summed E-state index contributed by atoms with van der Waals surface area (Å²) in [6.07, 6.45) is 4.50. The van der Waals surface area contributed by atoms with Gasteiger partial charge in [0.05, 0.1) is 29.8 Å². The fourth-order valence-corrected chi connectivity index (χ4v) is 2.09. The van der Waals surface area contributed by atoms with Crippen molar-refractivity contribution in [2.45, 2.75) is 6.43 Å². The maximum Gasteiger partial charge on any atom is 0.269 e. The predicted molar refractivity (Wildman–Crippen MR) is 76.2 cm³/mol. The van der Waals surface area contributed by atoms with Crippen LogP contribution in [0.4, 0.5) is 20.3 Å². The number of fused-ring (bicyclic) bond motifs is 1. The highest BCUT2D eigenvalue weighted by atomic mass is 19.3. The van der Waals surface area contributed by atoms with E-state index in [-0.39, 0.29) is 22.8 Å². The highest BCUT2D eigenvalue weighted by Gasteiger charge is 2.23. The Morgan fingerprint density at radius 3 is 2.82 bits per heavy atom. The number of halogens is 2. The highest BCUT2D eigenvalue weighted by molar-refractivity contribution is 5.70. The van der Waals surface area contributed by atoms with Crippen LogP contribution >= 0.6 is 0 Å². The Morgan fingerprint density at radius 1 is 1.27 bits per heavy atom. The molecule has 0 spiro atoms. The fraction of sp³-hybridized carbons (Fsp3) is 0.154. The first-order valence-electron chi connectivity index (χ1n) is 6.31. The van der Waals surface area contributed by atoms with E-state index in [0.29, 0.717) is 11.3 Å². The van der Waals surface area contributed by atoms with E-state index in [4.69, 9.17) is 10.5 Å². The summed E-state index contributed by atoms with van der Waals surface area (Å²) in [5.74, 6) is 0.183. The molecule has 0 fully saturated rings. The zero-order valence-electron chi connectivity index (χ0n) is 11.5. The van der Waals surface area contributed by atoms with Crippen molar-refractivity contribution in [2.24, 2.45) is 0 Å². The molecular formula is C13H12F2N6O. The average molecular weight is 306 g/mol. The maximum absolute atomic E-state index is 13.4. The van der Waals surface area contributed by atoms with E-state index < -0.39 is 6.43 Å². The van der Waals surface area contributed by atoms with Gasteiger partial charge in [0.1, 0.15) is 11.3 Å². The second-order valence-electron chi connectivity index (χ2n) is 4.36. The van der Waals surface area contributed by atoms with Gasteiger partial charge in [-0.05, 0) is 0 Å². The third-order valence-corrected chi connectivity index (χ3v) is 3.09. The van der Waals surface area contributed by atoms with Gasteiger partial charge in [-0.15, -0.1) is 0 Å². The molecule has 0 saturated carbocycles. The highest BCUT2D eigenvalue weighted by Crippen LogP contribution is 2.40. The standard InChI is InChI=1S/C13H12F2N6O/c1-17-11-10(12(14)15)9(5-19-13(11)16)22-8-6-20-21-3-2-18-4-7(8)21/h2-6,12,17H,1H3,(H2,16,19). The number of anilines is 2. The Kier molecular flexibility index (Phi) is 3.45. The monoisotopic (exact) mass is 306 g/mol. The normalized spacial score (nSPS) is 11.1. The van der Waals surface area contributed by atoms with Gasteiger partial charge >= 0.3 is 0 Å². The van der Waals surface area contributed by atoms with Gasteiger partial charge < -0.3 is 15.8 Å². The Balaban J connectivity index is 2.09. The zero-order valence-corrected chi connectivity index (χ0v) is 11.5. The summed E-state index contributed by atoms with van der Waals surface area (Å²) in [6, 6.07) is 0. The molecule has 22 heavy (non-hydrogen) atoms. The lowest BCUT2D eigenvalue weighted by Gasteiger charge is -2.15. The summed E-state index contributed by atoms with van der Waals surface area (Å²) in [7, 11) is 1.49. The topological polar surface area (TPSA) is 90.4 Å². The number of hydrogen-bond acceptors (Lipinski definition) is 6. The molecule has 0 radical (unpaired) electrons.